The molecule has 19 heavy (non-hydrogen) atoms. The molecule has 6 heteroatoms. The number of benzene rings is 1. The van der Waals surface area contributed by atoms with E-state index in [0.29, 0.717) is 13.0 Å². The largest absolute Gasteiger partial charge is 0.355 e. The normalized spacial score (nSPS) is 11.3. The van der Waals surface area contributed by atoms with Gasteiger partial charge in [-0.3, -0.25) is 4.79 Å². The summed E-state index contributed by atoms with van der Waals surface area (Å²) in [6, 6.07) is 6.78. The lowest BCUT2D eigenvalue weighted by atomic mass is 10.2. The first kappa shape index (κ1) is 15.7. The Balaban J connectivity index is 2.53. The Morgan fingerprint density at radius 2 is 1.74 bits per heavy atom. The van der Waals surface area contributed by atoms with Crippen molar-refractivity contribution in [3.8, 4) is 0 Å². The van der Waals surface area contributed by atoms with Crippen molar-refractivity contribution in [2.45, 2.75) is 31.6 Å². The van der Waals surface area contributed by atoms with E-state index >= 15 is 0 Å². The van der Waals surface area contributed by atoms with Gasteiger partial charge in [0.05, 0.1) is 4.90 Å². The number of sulfonamides is 1. The Morgan fingerprint density at radius 1 is 1.11 bits per heavy atom. The van der Waals surface area contributed by atoms with Crippen LogP contribution in [0.4, 0.5) is 0 Å². The molecule has 106 valence electrons. The van der Waals surface area contributed by atoms with Crippen LogP contribution < -0.4 is 10.0 Å². The van der Waals surface area contributed by atoms with Crippen molar-refractivity contribution >= 4 is 15.9 Å². The fourth-order valence-electron chi connectivity index (χ4n) is 1.50. The quantitative estimate of drug-likeness (QED) is 0.735. The van der Waals surface area contributed by atoms with E-state index in [1.165, 1.54) is 0 Å². The van der Waals surface area contributed by atoms with E-state index in [1.807, 2.05) is 6.92 Å². The summed E-state index contributed by atoms with van der Waals surface area (Å²) in [6.07, 6.45) is 1.27. The predicted molar refractivity (Wildman–Crippen MR) is 74.3 cm³/mol. The molecule has 0 aliphatic rings. The number of hydrogen-bond donors (Lipinski definition) is 2. The van der Waals surface area contributed by atoms with Gasteiger partial charge in [0.2, 0.25) is 15.9 Å². The first-order valence-corrected chi connectivity index (χ1v) is 7.83. The number of aryl methyl sites for hydroxylation is 1. The fourth-order valence-corrected chi connectivity index (χ4v) is 2.53. The molecule has 0 heterocycles. The third kappa shape index (κ3) is 5.00. The van der Waals surface area contributed by atoms with Gasteiger partial charge < -0.3 is 5.32 Å². The van der Waals surface area contributed by atoms with E-state index in [1.54, 1.807) is 31.2 Å². The Labute approximate surface area is 114 Å². The van der Waals surface area contributed by atoms with Crippen LogP contribution in [0.5, 0.6) is 0 Å². The van der Waals surface area contributed by atoms with Gasteiger partial charge in [-0.15, -0.1) is 0 Å². The van der Waals surface area contributed by atoms with Crippen LogP contribution in [0.1, 0.15) is 25.8 Å². The number of hydrogen-bond acceptors (Lipinski definition) is 3. The summed E-state index contributed by atoms with van der Waals surface area (Å²) in [6.45, 7) is 4.23. The summed E-state index contributed by atoms with van der Waals surface area (Å²) in [5.41, 5.74) is 1.09. The minimum absolute atomic E-state index is 0.0912. The highest BCUT2D eigenvalue weighted by molar-refractivity contribution is 7.89. The highest BCUT2D eigenvalue weighted by Gasteiger charge is 2.12. The van der Waals surface area contributed by atoms with Crippen LogP contribution in [0.15, 0.2) is 29.2 Å². The molecule has 0 atom stereocenters. The minimum Gasteiger partial charge on any atom is -0.355 e. The first-order chi connectivity index (χ1) is 8.99. The van der Waals surface area contributed by atoms with Crippen LogP contribution in [-0.2, 0) is 21.2 Å². The van der Waals surface area contributed by atoms with E-state index in [2.05, 4.69) is 10.0 Å². The summed E-state index contributed by atoms with van der Waals surface area (Å²) < 4.78 is 26.3. The lowest BCUT2D eigenvalue weighted by Gasteiger charge is -2.08. The van der Waals surface area contributed by atoms with Crippen molar-refractivity contribution in [3.63, 3.8) is 0 Å². The second kappa shape index (κ2) is 7.25. The smallest absolute Gasteiger partial charge is 0.240 e. The van der Waals surface area contributed by atoms with Gasteiger partial charge in [-0.1, -0.05) is 26.0 Å². The van der Waals surface area contributed by atoms with Gasteiger partial charge in [0, 0.05) is 19.5 Å². The third-order valence-electron chi connectivity index (χ3n) is 2.70. The number of rotatable bonds is 7. The molecule has 0 aliphatic carbocycles. The van der Waals surface area contributed by atoms with Crippen molar-refractivity contribution in [1.82, 2.24) is 10.0 Å². The summed E-state index contributed by atoms with van der Waals surface area (Å²) in [5.74, 6) is -0.0912. The van der Waals surface area contributed by atoms with Crippen LogP contribution in [0.3, 0.4) is 0 Å². The third-order valence-corrected chi connectivity index (χ3v) is 4.18. The number of amides is 1. The molecule has 0 radical (unpaired) electrons. The second-order valence-electron chi connectivity index (χ2n) is 4.10. The van der Waals surface area contributed by atoms with Crippen LogP contribution in [0.2, 0.25) is 0 Å². The van der Waals surface area contributed by atoms with Crippen molar-refractivity contribution in [2.75, 3.05) is 13.1 Å². The Kier molecular flexibility index (Phi) is 5.98. The molecule has 0 aromatic heterocycles. The SMILES string of the molecule is CCC(=O)NCCNS(=O)(=O)c1ccc(CC)cc1. The Bertz CT molecular complexity index is 509. The number of carbonyl (C=O) groups excluding carboxylic acids is 1. The second-order valence-corrected chi connectivity index (χ2v) is 5.87. The van der Waals surface area contributed by atoms with Crippen molar-refractivity contribution < 1.29 is 13.2 Å². The topological polar surface area (TPSA) is 75.3 Å². The van der Waals surface area contributed by atoms with E-state index in [-0.39, 0.29) is 17.3 Å². The minimum atomic E-state index is -3.49. The zero-order valence-electron chi connectivity index (χ0n) is 11.3. The molecular weight excluding hydrogens is 264 g/mol. The molecule has 0 saturated heterocycles. The zero-order valence-corrected chi connectivity index (χ0v) is 12.1. The zero-order chi connectivity index (χ0) is 14.3. The molecule has 0 fully saturated rings. The number of nitrogens with one attached hydrogen (secondary N) is 2. The average Bonchev–Trinajstić information content (AvgIpc) is 2.43. The lowest BCUT2D eigenvalue weighted by molar-refractivity contribution is -0.120. The van der Waals surface area contributed by atoms with E-state index < -0.39 is 10.0 Å². The molecule has 1 amide bonds. The van der Waals surface area contributed by atoms with Crippen LogP contribution in [-0.4, -0.2) is 27.4 Å². The molecule has 1 aromatic rings. The highest BCUT2D eigenvalue weighted by Crippen LogP contribution is 2.10. The maximum atomic E-state index is 11.9. The monoisotopic (exact) mass is 284 g/mol. The molecule has 5 nitrogen and oxygen atoms in total. The van der Waals surface area contributed by atoms with Crippen molar-refractivity contribution in [3.05, 3.63) is 29.8 Å². The average molecular weight is 284 g/mol. The molecular formula is C13H20N2O3S. The maximum Gasteiger partial charge on any atom is 0.240 e. The summed E-state index contributed by atoms with van der Waals surface area (Å²) >= 11 is 0. The van der Waals surface area contributed by atoms with Crippen LogP contribution in [0.25, 0.3) is 0 Å². The van der Waals surface area contributed by atoms with E-state index in [0.717, 1.165) is 12.0 Å². The van der Waals surface area contributed by atoms with Gasteiger partial charge in [0.1, 0.15) is 0 Å². The fraction of sp³-hybridized carbons (Fsp3) is 0.462. The van der Waals surface area contributed by atoms with Crippen molar-refractivity contribution in [1.29, 1.82) is 0 Å². The van der Waals surface area contributed by atoms with Crippen LogP contribution in [0, 0.1) is 0 Å². The van der Waals surface area contributed by atoms with Gasteiger partial charge in [0.15, 0.2) is 0 Å². The molecule has 0 spiro atoms. The molecule has 0 unspecified atom stereocenters. The molecule has 2 N–H and O–H groups in total. The standard InChI is InChI=1S/C13H20N2O3S/c1-3-11-5-7-12(8-6-11)19(17,18)15-10-9-14-13(16)4-2/h5-8,15H,3-4,9-10H2,1-2H3,(H,14,16). The summed E-state index contributed by atoms with van der Waals surface area (Å²) in [5, 5.41) is 2.61. The molecule has 1 rings (SSSR count). The first-order valence-electron chi connectivity index (χ1n) is 6.35. The number of carbonyl (C=O) groups is 1. The maximum absolute atomic E-state index is 11.9. The Morgan fingerprint density at radius 3 is 2.26 bits per heavy atom. The van der Waals surface area contributed by atoms with Gasteiger partial charge >= 0.3 is 0 Å². The molecule has 0 aliphatic heterocycles. The van der Waals surface area contributed by atoms with Gasteiger partial charge in [0.25, 0.3) is 0 Å². The van der Waals surface area contributed by atoms with Crippen LogP contribution >= 0.6 is 0 Å². The van der Waals surface area contributed by atoms with Gasteiger partial charge in [-0.2, -0.15) is 0 Å². The summed E-state index contributed by atoms with van der Waals surface area (Å²) in [4.78, 5) is 11.2. The van der Waals surface area contributed by atoms with Gasteiger partial charge in [-0.05, 0) is 24.1 Å². The molecule has 0 bridgehead atoms. The highest BCUT2D eigenvalue weighted by atomic mass is 32.2. The van der Waals surface area contributed by atoms with Gasteiger partial charge in [-0.25, -0.2) is 13.1 Å². The summed E-state index contributed by atoms with van der Waals surface area (Å²) in [7, 11) is -3.49. The lowest BCUT2D eigenvalue weighted by Crippen LogP contribution is -2.34. The molecule has 0 saturated carbocycles. The van der Waals surface area contributed by atoms with E-state index in [9.17, 15) is 13.2 Å². The Hall–Kier alpha value is -1.40. The van der Waals surface area contributed by atoms with Crippen molar-refractivity contribution in [2.24, 2.45) is 0 Å². The molecule has 1 aromatic carbocycles. The predicted octanol–water partition coefficient (Wildman–Crippen LogP) is 1.05. The van der Waals surface area contributed by atoms with E-state index in [4.69, 9.17) is 0 Å².